The Morgan fingerprint density at radius 1 is 1.50 bits per heavy atom. The molecule has 10 heavy (non-hydrogen) atoms. The fourth-order valence-electron chi connectivity index (χ4n) is 0.592. The average Bonchev–Trinajstić information content (AvgIpc) is 1.97. The van der Waals surface area contributed by atoms with Gasteiger partial charge in [0, 0.05) is 18.7 Å². The molecule has 0 fully saturated rings. The molecule has 0 atom stereocenters. The van der Waals surface area contributed by atoms with Crippen molar-refractivity contribution in [1.82, 2.24) is 5.32 Å². The van der Waals surface area contributed by atoms with Crippen LogP contribution in [-0.2, 0) is 0 Å². The molecule has 0 spiro atoms. The van der Waals surface area contributed by atoms with Gasteiger partial charge in [-0.25, -0.2) is 0 Å². The van der Waals surface area contributed by atoms with Crippen LogP contribution in [0.4, 0.5) is 0 Å². The second-order valence-electron chi connectivity index (χ2n) is 2.00. The molecule has 0 unspecified atom stereocenters. The summed E-state index contributed by atoms with van der Waals surface area (Å²) in [5, 5.41) is 11.4. The molecule has 1 N–H and O–H groups in total. The molecule has 0 aliphatic rings. The first-order chi connectivity index (χ1) is 4.91. The van der Waals surface area contributed by atoms with Crippen LogP contribution in [0.25, 0.3) is 0 Å². The highest BCUT2D eigenvalue weighted by molar-refractivity contribution is 7.98. The van der Waals surface area contributed by atoms with Crippen molar-refractivity contribution in [3.63, 3.8) is 0 Å². The summed E-state index contributed by atoms with van der Waals surface area (Å²) in [5.41, 5.74) is 0. The van der Waals surface area contributed by atoms with E-state index in [9.17, 15) is 0 Å². The molecule has 0 aromatic heterocycles. The Kier molecular flexibility index (Phi) is 8.62. The summed E-state index contributed by atoms with van der Waals surface area (Å²) in [7, 11) is 0. The number of nitriles is 1. The zero-order valence-electron chi connectivity index (χ0n) is 6.39. The first-order valence-corrected chi connectivity index (χ1v) is 4.88. The highest BCUT2D eigenvalue weighted by Crippen LogP contribution is 1.88. The van der Waals surface area contributed by atoms with Crippen molar-refractivity contribution in [1.29, 1.82) is 5.26 Å². The van der Waals surface area contributed by atoms with Gasteiger partial charge in [0.05, 0.1) is 6.07 Å². The lowest BCUT2D eigenvalue weighted by molar-refractivity contribution is 0.686. The van der Waals surface area contributed by atoms with Gasteiger partial charge in [-0.1, -0.05) is 0 Å². The molecule has 0 aliphatic carbocycles. The third kappa shape index (κ3) is 7.80. The van der Waals surface area contributed by atoms with Crippen LogP contribution >= 0.6 is 11.8 Å². The molecule has 0 saturated heterocycles. The van der Waals surface area contributed by atoms with Crippen LogP contribution in [0, 0.1) is 11.3 Å². The van der Waals surface area contributed by atoms with Crippen LogP contribution < -0.4 is 5.32 Å². The molecule has 3 heteroatoms. The number of hydrogen-bond acceptors (Lipinski definition) is 3. The van der Waals surface area contributed by atoms with E-state index < -0.39 is 0 Å². The van der Waals surface area contributed by atoms with Gasteiger partial charge in [-0.2, -0.15) is 17.0 Å². The van der Waals surface area contributed by atoms with Crippen LogP contribution in [-0.4, -0.2) is 25.1 Å². The third-order valence-electron chi connectivity index (χ3n) is 1.13. The van der Waals surface area contributed by atoms with Gasteiger partial charge in [0.1, 0.15) is 0 Å². The number of unbranched alkanes of at least 4 members (excludes halogenated alkanes) is 1. The molecule has 0 aromatic rings. The average molecular weight is 158 g/mol. The highest BCUT2D eigenvalue weighted by atomic mass is 32.2. The van der Waals surface area contributed by atoms with Crippen LogP contribution in [0.1, 0.15) is 12.8 Å². The van der Waals surface area contributed by atoms with Crippen molar-refractivity contribution >= 4 is 11.8 Å². The van der Waals surface area contributed by atoms with Gasteiger partial charge < -0.3 is 5.32 Å². The summed E-state index contributed by atoms with van der Waals surface area (Å²) in [4.78, 5) is 0. The van der Waals surface area contributed by atoms with E-state index in [2.05, 4.69) is 17.6 Å². The summed E-state index contributed by atoms with van der Waals surface area (Å²) >= 11 is 1.84. The summed E-state index contributed by atoms with van der Waals surface area (Å²) in [5.74, 6) is 1.16. The predicted molar refractivity (Wildman–Crippen MR) is 46.1 cm³/mol. The largest absolute Gasteiger partial charge is 0.316 e. The summed E-state index contributed by atoms with van der Waals surface area (Å²) in [6, 6.07) is 2.11. The van der Waals surface area contributed by atoms with Gasteiger partial charge in [-0.3, -0.25) is 0 Å². The van der Waals surface area contributed by atoms with E-state index in [0.717, 1.165) is 25.3 Å². The molecule has 0 heterocycles. The molecule has 58 valence electrons. The molecule has 0 radical (unpaired) electrons. The lowest BCUT2D eigenvalue weighted by atomic mass is 10.3. The molecule has 0 saturated carbocycles. The number of rotatable bonds is 6. The van der Waals surface area contributed by atoms with Crippen molar-refractivity contribution in [2.75, 3.05) is 25.1 Å². The molecular weight excluding hydrogens is 144 g/mol. The smallest absolute Gasteiger partial charge is 0.0622 e. The molecule has 0 bridgehead atoms. The fraction of sp³-hybridized carbons (Fsp3) is 0.857. The minimum Gasteiger partial charge on any atom is -0.316 e. The first-order valence-electron chi connectivity index (χ1n) is 3.48. The maximum Gasteiger partial charge on any atom is 0.0622 e. The maximum atomic E-state index is 8.19. The van der Waals surface area contributed by atoms with Gasteiger partial charge in [0.2, 0.25) is 0 Å². The summed E-state index contributed by atoms with van der Waals surface area (Å²) in [6.45, 7) is 2.04. The third-order valence-corrected chi connectivity index (χ3v) is 1.74. The monoisotopic (exact) mass is 158 g/mol. The quantitative estimate of drug-likeness (QED) is 0.591. The van der Waals surface area contributed by atoms with E-state index in [1.807, 2.05) is 11.8 Å². The van der Waals surface area contributed by atoms with Gasteiger partial charge >= 0.3 is 0 Å². The normalized spacial score (nSPS) is 9.20. The van der Waals surface area contributed by atoms with E-state index in [1.54, 1.807) is 0 Å². The van der Waals surface area contributed by atoms with Crippen molar-refractivity contribution in [3.05, 3.63) is 0 Å². The standard InChI is InChI=1S/C7H14N2S/c1-10-7-6-9-5-3-2-4-8/h9H,2-3,5-7H2,1H3. The first kappa shape index (κ1) is 9.80. The summed E-state index contributed by atoms with van der Waals surface area (Å²) < 4.78 is 0. The molecular formula is C7H14N2S. The number of nitrogens with one attached hydrogen (secondary N) is 1. The van der Waals surface area contributed by atoms with E-state index in [4.69, 9.17) is 5.26 Å². The van der Waals surface area contributed by atoms with E-state index in [-0.39, 0.29) is 0 Å². The molecule has 0 aliphatic heterocycles. The Bertz CT molecular complexity index is 98.3. The van der Waals surface area contributed by atoms with Crippen molar-refractivity contribution in [2.45, 2.75) is 12.8 Å². The maximum absolute atomic E-state index is 8.19. The zero-order chi connectivity index (χ0) is 7.66. The Balaban J connectivity index is 2.72. The van der Waals surface area contributed by atoms with Gasteiger partial charge in [0.15, 0.2) is 0 Å². The Morgan fingerprint density at radius 3 is 2.90 bits per heavy atom. The zero-order valence-corrected chi connectivity index (χ0v) is 7.21. The number of thioether (sulfide) groups is 1. The van der Waals surface area contributed by atoms with Crippen LogP contribution in [0.5, 0.6) is 0 Å². The van der Waals surface area contributed by atoms with E-state index in [1.165, 1.54) is 0 Å². The lowest BCUT2D eigenvalue weighted by Crippen LogP contribution is -2.17. The number of hydrogen-bond donors (Lipinski definition) is 1. The fourth-order valence-corrected chi connectivity index (χ4v) is 0.940. The van der Waals surface area contributed by atoms with E-state index in [0.29, 0.717) is 6.42 Å². The minimum absolute atomic E-state index is 0.673. The second-order valence-corrected chi connectivity index (χ2v) is 2.99. The minimum atomic E-state index is 0.673. The van der Waals surface area contributed by atoms with Crippen LogP contribution in [0.3, 0.4) is 0 Å². The van der Waals surface area contributed by atoms with Crippen molar-refractivity contribution < 1.29 is 0 Å². The topological polar surface area (TPSA) is 35.8 Å². The van der Waals surface area contributed by atoms with Crippen molar-refractivity contribution in [2.24, 2.45) is 0 Å². The van der Waals surface area contributed by atoms with E-state index >= 15 is 0 Å². The predicted octanol–water partition coefficient (Wildman–Crippen LogP) is 1.24. The molecule has 2 nitrogen and oxygen atoms in total. The Morgan fingerprint density at radius 2 is 2.30 bits per heavy atom. The van der Waals surface area contributed by atoms with Gasteiger partial charge in [-0.05, 0) is 19.2 Å². The second kappa shape index (κ2) is 8.80. The number of nitrogens with zero attached hydrogens (tertiary/aromatic N) is 1. The lowest BCUT2D eigenvalue weighted by Gasteiger charge is -1.99. The Hall–Kier alpha value is -0.200. The molecule has 0 rings (SSSR count). The Labute approximate surface area is 67.0 Å². The SMILES string of the molecule is CSCCNCCCC#N. The molecule has 0 amide bonds. The van der Waals surface area contributed by atoms with Gasteiger partial charge in [-0.15, -0.1) is 0 Å². The van der Waals surface area contributed by atoms with Crippen LogP contribution in [0.15, 0.2) is 0 Å². The van der Waals surface area contributed by atoms with Crippen molar-refractivity contribution in [3.8, 4) is 6.07 Å². The van der Waals surface area contributed by atoms with Gasteiger partial charge in [0.25, 0.3) is 0 Å². The molecule has 0 aromatic carbocycles. The summed E-state index contributed by atoms with van der Waals surface area (Å²) in [6.07, 6.45) is 3.74. The van der Waals surface area contributed by atoms with Crippen LogP contribution in [0.2, 0.25) is 0 Å². The highest BCUT2D eigenvalue weighted by Gasteiger charge is 1.85.